The maximum absolute atomic E-state index is 3.44. The predicted octanol–water partition coefficient (Wildman–Crippen LogP) is 2.72. The van der Waals surface area contributed by atoms with E-state index in [1.807, 2.05) is 0 Å². The van der Waals surface area contributed by atoms with Crippen LogP contribution >= 0.6 is 38.5 Å². The second-order valence-corrected chi connectivity index (χ2v) is 4.30. The lowest BCUT2D eigenvalue weighted by Crippen LogP contribution is -1.84. The van der Waals surface area contributed by atoms with Gasteiger partial charge in [-0.1, -0.05) is 11.6 Å². The van der Waals surface area contributed by atoms with E-state index in [4.69, 9.17) is 0 Å². The van der Waals surface area contributed by atoms with Gasteiger partial charge in [-0.3, -0.25) is 0 Å². The summed E-state index contributed by atoms with van der Waals surface area (Å²) in [6, 6.07) is 7.23. The molecule has 0 aliphatic rings. The molecule has 0 fully saturated rings. The molecule has 3 heteroatoms. The third kappa shape index (κ3) is 2.07. The molecule has 0 saturated carbocycles. The molecule has 0 saturated heterocycles. The van der Waals surface area contributed by atoms with E-state index in [2.05, 4.69) is 67.0 Å². The Morgan fingerprint density at radius 3 is 2.70 bits per heavy atom. The van der Waals surface area contributed by atoms with Crippen LogP contribution < -0.4 is 0 Å². The zero-order valence-electron chi connectivity index (χ0n) is 5.20. The predicted molar refractivity (Wildman–Crippen MR) is 56.3 cm³/mol. The van der Waals surface area contributed by atoms with Gasteiger partial charge in [0.15, 0.2) is 0 Å². The lowest BCUT2D eigenvalue weighted by atomic mass is 10.2. The van der Waals surface area contributed by atoms with Crippen LogP contribution in [0, 0.1) is 3.57 Å². The van der Waals surface area contributed by atoms with Crippen molar-refractivity contribution in [2.75, 3.05) is 0 Å². The van der Waals surface area contributed by atoms with Crippen LogP contribution in [0.3, 0.4) is 0 Å². The van der Waals surface area contributed by atoms with Gasteiger partial charge in [-0.05, 0) is 56.7 Å². The van der Waals surface area contributed by atoms with E-state index in [0.717, 1.165) is 10.5 Å². The summed E-state index contributed by atoms with van der Waals surface area (Å²) in [5, 5.41) is 0. The van der Waals surface area contributed by atoms with Crippen molar-refractivity contribution in [1.29, 1.82) is 0 Å². The molecule has 0 atom stereocenters. The van der Waals surface area contributed by atoms with Crippen LogP contribution in [-0.4, -0.2) is 10.2 Å². The van der Waals surface area contributed by atoms with Crippen molar-refractivity contribution in [2.45, 2.75) is 6.04 Å². The fourth-order valence-electron chi connectivity index (χ4n) is 0.650. The molecular formula is C7H5BrISi. The molecule has 1 rings (SSSR count). The summed E-state index contributed by atoms with van der Waals surface area (Å²) in [5.41, 5.74) is 1.31. The largest absolute Gasteiger partial charge is 0.0582 e. The van der Waals surface area contributed by atoms with E-state index >= 15 is 0 Å². The van der Waals surface area contributed by atoms with Crippen LogP contribution in [0.2, 0.25) is 0 Å². The minimum absolute atomic E-state index is 0.920. The third-order valence-corrected chi connectivity index (χ3v) is 3.92. The fraction of sp³-hybridized carbons (Fsp3) is 0.143. The zero-order valence-corrected chi connectivity index (χ0v) is 9.94. The Hall–Kier alpha value is 0.647. The highest BCUT2D eigenvalue weighted by Crippen LogP contribution is 2.19. The SMILES string of the molecule is [Si]Cc1ccc(Br)c(I)c1. The van der Waals surface area contributed by atoms with Crippen LogP contribution in [0.5, 0.6) is 0 Å². The van der Waals surface area contributed by atoms with Crippen molar-refractivity contribution in [3.8, 4) is 0 Å². The van der Waals surface area contributed by atoms with Gasteiger partial charge in [0, 0.05) is 18.3 Å². The maximum atomic E-state index is 3.44. The molecule has 51 valence electrons. The molecule has 0 N–H and O–H groups in total. The maximum Gasteiger partial charge on any atom is 0.0309 e. The quantitative estimate of drug-likeness (QED) is 0.550. The number of rotatable bonds is 1. The van der Waals surface area contributed by atoms with Crippen molar-refractivity contribution in [2.24, 2.45) is 0 Å². The molecule has 10 heavy (non-hydrogen) atoms. The van der Waals surface area contributed by atoms with E-state index in [1.165, 1.54) is 9.13 Å². The normalized spacial score (nSPS) is 9.90. The summed E-state index contributed by atoms with van der Waals surface area (Å²) in [6.07, 6.45) is 0. The van der Waals surface area contributed by atoms with Gasteiger partial charge in [-0.15, -0.1) is 0 Å². The van der Waals surface area contributed by atoms with Crippen LogP contribution in [0.25, 0.3) is 0 Å². The van der Waals surface area contributed by atoms with Crippen molar-refractivity contribution in [3.63, 3.8) is 0 Å². The molecule has 0 aliphatic heterocycles. The molecule has 0 heterocycles. The second-order valence-electron chi connectivity index (χ2n) is 1.93. The first-order valence-electron chi connectivity index (χ1n) is 2.82. The smallest absolute Gasteiger partial charge is 0.0309 e. The highest BCUT2D eigenvalue weighted by atomic mass is 127. The van der Waals surface area contributed by atoms with Gasteiger partial charge in [0.2, 0.25) is 0 Å². The van der Waals surface area contributed by atoms with Gasteiger partial charge in [0.1, 0.15) is 0 Å². The first kappa shape index (κ1) is 8.74. The highest BCUT2D eigenvalue weighted by Gasteiger charge is 1.95. The number of hydrogen-bond acceptors (Lipinski definition) is 0. The van der Waals surface area contributed by atoms with Crippen molar-refractivity contribution < 1.29 is 0 Å². The van der Waals surface area contributed by atoms with Crippen LogP contribution in [-0.2, 0) is 6.04 Å². The Bertz CT molecular complexity index is 237. The monoisotopic (exact) mass is 323 g/mol. The minimum atomic E-state index is 0.920. The van der Waals surface area contributed by atoms with Crippen LogP contribution in [0.4, 0.5) is 0 Å². The van der Waals surface area contributed by atoms with E-state index < -0.39 is 0 Å². The van der Waals surface area contributed by atoms with E-state index in [1.54, 1.807) is 0 Å². The molecule has 0 aromatic heterocycles. The summed E-state index contributed by atoms with van der Waals surface area (Å²) >= 11 is 5.74. The van der Waals surface area contributed by atoms with Crippen molar-refractivity contribution in [3.05, 3.63) is 31.8 Å². The first-order chi connectivity index (χ1) is 4.74. The summed E-state index contributed by atoms with van der Waals surface area (Å²) in [6.45, 7) is 0. The first-order valence-corrected chi connectivity index (χ1v) is 5.40. The third-order valence-electron chi connectivity index (χ3n) is 1.19. The lowest BCUT2D eigenvalue weighted by molar-refractivity contribution is 1.37. The molecule has 0 bridgehead atoms. The summed E-state index contributed by atoms with van der Waals surface area (Å²) in [5.74, 6) is 0. The summed E-state index contributed by atoms with van der Waals surface area (Å²) in [4.78, 5) is 0. The molecular weight excluding hydrogens is 319 g/mol. The molecule has 1 aromatic rings. The van der Waals surface area contributed by atoms with Gasteiger partial charge in [0.25, 0.3) is 0 Å². The molecule has 0 nitrogen and oxygen atoms in total. The Kier molecular flexibility index (Phi) is 3.39. The van der Waals surface area contributed by atoms with Crippen molar-refractivity contribution in [1.82, 2.24) is 0 Å². The molecule has 0 spiro atoms. The van der Waals surface area contributed by atoms with Gasteiger partial charge >= 0.3 is 0 Å². The number of halogens is 2. The summed E-state index contributed by atoms with van der Waals surface area (Å²) in [7, 11) is 3.44. The minimum Gasteiger partial charge on any atom is -0.0582 e. The highest BCUT2D eigenvalue weighted by molar-refractivity contribution is 14.1. The second kappa shape index (κ2) is 3.87. The zero-order chi connectivity index (χ0) is 7.56. The van der Waals surface area contributed by atoms with E-state index in [-0.39, 0.29) is 0 Å². The number of hydrogen-bond donors (Lipinski definition) is 0. The Morgan fingerprint density at radius 2 is 2.20 bits per heavy atom. The Labute approximate surface area is 86.1 Å². The lowest BCUT2D eigenvalue weighted by Gasteiger charge is -1.98. The van der Waals surface area contributed by atoms with Crippen molar-refractivity contribution >= 4 is 48.8 Å². The molecule has 1 aromatic carbocycles. The van der Waals surface area contributed by atoms with Gasteiger partial charge in [-0.2, -0.15) is 0 Å². The Morgan fingerprint density at radius 1 is 1.50 bits per heavy atom. The van der Waals surface area contributed by atoms with Gasteiger partial charge in [-0.25, -0.2) is 0 Å². The van der Waals surface area contributed by atoms with Gasteiger partial charge in [0.05, 0.1) is 0 Å². The average molecular weight is 324 g/mol. The van der Waals surface area contributed by atoms with E-state index in [9.17, 15) is 0 Å². The van der Waals surface area contributed by atoms with Gasteiger partial charge < -0.3 is 0 Å². The average Bonchev–Trinajstić information content (AvgIpc) is 1.95. The number of benzene rings is 1. The molecule has 0 amide bonds. The van der Waals surface area contributed by atoms with E-state index in [0.29, 0.717) is 0 Å². The molecule has 0 unspecified atom stereocenters. The standard InChI is InChI=1S/C7H5BrISi/c8-6-2-1-5(4-10)3-7(6)9/h1-3H,4H2. The Balaban J connectivity index is 3.04. The summed E-state index contributed by atoms with van der Waals surface area (Å²) < 4.78 is 2.42. The molecule has 3 radical (unpaired) electrons. The topological polar surface area (TPSA) is 0 Å². The fourth-order valence-corrected chi connectivity index (χ4v) is 1.70. The van der Waals surface area contributed by atoms with Crippen LogP contribution in [0.15, 0.2) is 22.7 Å². The van der Waals surface area contributed by atoms with Crippen LogP contribution in [0.1, 0.15) is 5.56 Å². The molecule has 0 aliphatic carbocycles.